The van der Waals surface area contributed by atoms with Crippen LogP contribution >= 0.6 is 0 Å². The summed E-state index contributed by atoms with van der Waals surface area (Å²) < 4.78 is 31.1. The molecule has 0 aliphatic heterocycles. The van der Waals surface area contributed by atoms with Crippen molar-refractivity contribution in [2.24, 2.45) is 5.73 Å². The molecule has 0 aliphatic rings. The van der Waals surface area contributed by atoms with Gasteiger partial charge >= 0.3 is 0 Å². The first kappa shape index (κ1) is 11.5. The van der Waals surface area contributed by atoms with Crippen molar-refractivity contribution in [2.75, 3.05) is 13.7 Å². The lowest BCUT2D eigenvalue weighted by Crippen LogP contribution is -1.97. The first-order valence-corrected chi connectivity index (χ1v) is 4.41. The SMILES string of the molecule is COc1ccc(C#CCCN)c(F)c1F. The number of nitrogens with two attached hydrogens (primary N) is 1. The first-order valence-electron chi connectivity index (χ1n) is 4.41. The van der Waals surface area contributed by atoms with Gasteiger partial charge in [-0.05, 0) is 12.1 Å². The number of ether oxygens (including phenoxy) is 1. The predicted molar refractivity (Wildman–Crippen MR) is 53.5 cm³/mol. The molecule has 0 amide bonds. The minimum Gasteiger partial charge on any atom is -0.494 e. The van der Waals surface area contributed by atoms with Crippen LogP contribution in [0.2, 0.25) is 0 Å². The van der Waals surface area contributed by atoms with Gasteiger partial charge in [-0.2, -0.15) is 4.39 Å². The minimum atomic E-state index is -1.02. The average Bonchev–Trinajstić information content (AvgIpc) is 2.25. The van der Waals surface area contributed by atoms with E-state index in [1.165, 1.54) is 19.2 Å². The largest absolute Gasteiger partial charge is 0.494 e. The highest BCUT2D eigenvalue weighted by Gasteiger charge is 2.11. The molecule has 0 saturated heterocycles. The van der Waals surface area contributed by atoms with Crippen molar-refractivity contribution in [3.63, 3.8) is 0 Å². The van der Waals surface area contributed by atoms with E-state index in [-0.39, 0.29) is 11.3 Å². The van der Waals surface area contributed by atoms with Gasteiger partial charge in [-0.3, -0.25) is 0 Å². The van der Waals surface area contributed by atoms with Gasteiger partial charge in [-0.15, -0.1) is 0 Å². The van der Waals surface area contributed by atoms with Crippen LogP contribution in [0, 0.1) is 23.5 Å². The van der Waals surface area contributed by atoms with Gasteiger partial charge in [-0.1, -0.05) is 11.8 Å². The fourth-order valence-electron chi connectivity index (χ4n) is 1.02. The van der Waals surface area contributed by atoms with Crippen molar-refractivity contribution in [3.05, 3.63) is 29.3 Å². The van der Waals surface area contributed by atoms with Crippen LogP contribution in [0.5, 0.6) is 5.75 Å². The summed E-state index contributed by atoms with van der Waals surface area (Å²) >= 11 is 0. The summed E-state index contributed by atoms with van der Waals surface area (Å²) in [4.78, 5) is 0. The van der Waals surface area contributed by atoms with Gasteiger partial charge in [0.1, 0.15) is 0 Å². The quantitative estimate of drug-likeness (QED) is 0.755. The number of methoxy groups -OCH3 is 1. The molecular weight excluding hydrogens is 200 g/mol. The van der Waals surface area contributed by atoms with Crippen LogP contribution in [0.4, 0.5) is 8.78 Å². The van der Waals surface area contributed by atoms with E-state index in [4.69, 9.17) is 5.73 Å². The van der Waals surface area contributed by atoms with E-state index in [9.17, 15) is 8.78 Å². The molecular formula is C11H11F2NO. The number of hydrogen-bond acceptors (Lipinski definition) is 2. The third-order valence-corrected chi connectivity index (χ3v) is 1.76. The summed E-state index contributed by atoms with van der Waals surface area (Å²) in [6.07, 6.45) is 0.451. The molecule has 4 heteroatoms. The van der Waals surface area contributed by atoms with Crippen molar-refractivity contribution in [1.29, 1.82) is 0 Å². The van der Waals surface area contributed by atoms with Crippen LogP contribution in [0.25, 0.3) is 0 Å². The normalized spacial score (nSPS) is 9.33. The molecule has 0 radical (unpaired) electrons. The van der Waals surface area contributed by atoms with Crippen LogP contribution in [0.1, 0.15) is 12.0 Å². The number of halogens is 2. The second-order valence-corrected chi connectivity index (χ2v) is 2.78. The van der Waals surface area contributed by atoms with E-state index in [1.807, 2.05) is 0 Å². The monoisotopic (exact) mass is 211 g/mol. The maximum atomic E-state index is 13.3. The summed E-state index contributed by atoms with van der Waals surface area (Å²) in [5.74, 6) is 3.01. The van der Waals surface area contributed by atoms with E-state index in [0.717, 1.165) is 0 Å². The van der Waals surface area contributed by atoms with Gasteiger partial charge in [0.15, 0.2) is 11.6 Å². The minimum absolute atomic E-state index is 0.0155. The van der Waals surface area contributed by atoms with Crippen molar-refractivity contribution in [3.8, 4) is 17.6 Å². The van der Waals surface area contributed by atoms with Crippen LogP contribution in [-0.2, 0) is 0 Å². The summed E-state index contributed by atoms with van der Waals surface area (Å²) in [6, 6.07) is 2.71. The Morgan fingerprint density at radius 1 is 1.33 bits per heavy atom. The molecule has 80 valence electrons. The Labute approximate surface area is 87.0 Å². The topological polar surface area (TPSA) is 35.2 Å². The molecule has 2 nitrogen and oxygen atoms in total. The van der Waals surface area contributed by atoms with Gasteiger partial charge in [0.05, 0.1) is 12.7 Å². The molecule has 0 aromatic heterocycles. The van der Waals surface area contributed by atoms with Crippen molar-refractivity contribution < 1.29 is 13.5 Å². The zero-order chi connectivity index (χ0) is 11.3. The van der Waals surface area contributed by atoms with Crippen molar-refractivity contribution in [2.45, 2.75) is 6.42 Å². The van der Waals surface area contributed by atoms with E-state index in [2.05, 4.69) is 16.6 Å². The van der Waals surface area contributed by atoms with Gasteiger partial charge in [0.25, 0.3) is 0 Å². The van der Waals surface area contributed by atoms with E-state index in [1.54, 1.807) is 0 Å². The Kier molecular flexibility index (Phi) is 4.07. The third kappa shape index (κ3) is 2.67. The smallest absolute Gasteiger partial charge is 0.201 e. The second kappa shape index (κ2) is 5.32. The number of hydrogen-bond donors (Lipinski definition) is 1. The number of benzene rings is 1. The van der Waals surface area contributed by atoms with Gasteiger partial charge in [-0.25, -0.2) is 4.39 Å². The van der Waals surface area contributed by atoms with Crippen LogP contribution in [0.3, 0.4) is 0 Å². The second-order valence-electron chi connectivity index (χ2n) is 2.78. The summed E-state index contributed by atoms with van der Waals surface area (Å²) in [7, 11) is 1.28. The molecule has 0 heterocycles. The zero-order valence-electron chi connectivity index (χ0n) is 8.31. The fraction of sp³-hybridized carbons (Fsp3) is 0.273. The highest BCUT2D eigenvalue weighted by atomic mass is 19.2. The first-order chi connectivity index (χ1) is 7.20. The average molecular weight is 211 g/mol. The molecule has 0 saturated carbocycles. The van der Waals surface area contributed by atoms with Crippen LogP contribution in [-0.4, -0.2) is 13.7 Å². The lowest BCUT2D eigenvalue weighted by molar-refractivity contribution is 0.371. The molecule has 1 aromatic rings. The lowest BCUT2D eigenvalue weighted by Gasteiger charge is -2.02. The molecule has 0 fully saturated rings. The van der Waals surface area contributed by atoms with Gasteiger partial charge in [0, 0.05) is 13.0 Å². The molecule has 15 heavy (non-hydrogen) atoms. The van der Waals surface area contributed by atoms with E-state index < -0.39 is 11.6 Å². The molecule has 0 atom stereocenters. The van der Waals surface area contributed by atoms with Crippen molar-refractivity contribution >= 4 is 0 Å². The Morgan fingerprint density at radius 3 is 2.67 bits per heavy atom. The molecule has 1 rings (SSSR count). The van der Waals surface area contributed by atoms with Gasteiger partial charge < -0.3 is 10.5 Å². The maximum Gasteiger partial charge on any atom is 0.201 e. The predicted octanol–water partition coefficient (Wildman–Crippen LogP) is 1.67. The Morgan fingerprint density at radius 2 is 2.07 bits per heavy atom. The Balaban J connectivity index is 3.03. The molecule has 0 unspecified atom stereocenters. The Hall–Kier alpha value is -1.60. The zero-order valence-corrected chi connectivity index (χ0v) is 8.31. The molecule has 1 aromatic carbocycles. The maximum absolute atomic E-state index is 13.3. The molecule has 0 aliphatic carbocycles. The summed E-state index contributed by atoms with van der Waals surface area (Å²) in [5, 5.41) is 0. The lowest BCUT2D eigenvalue weighted by atomic mass is 10.2. The van der Waals surface area contributed by atoms with E-state index in [0.29, 0.717) is 13.0 Å². The number of rotatable bonds is 2. The fourth-order valence-corrected chi connectivity index (χ4v) is 1.02. The standard InChI is InChI=1S/C11H11F2NO/c1-15-9-6-5-8(4-2-3-7-14)10(12)11(9)13/h5-6H,3,7,14H2,1H3. The van der Waals surface area contributed by atoms with Gasteiger partial charge in [0.2, 0.25) is 5.82 Å². The highest BCUT2D eigenvalue weighted by Crippen LogP contribution is 2.21. The summed E-state index contributed by atoms with van der Waals surface area (Å²) in [6.45, 7) is 0.396. The van der Waals surface area contributed by atoms with E-state index >= 15 is 0 Å². The van der Waals surface area contributed by atoms with Crippen LogP contribution in [0.15, 0.2) is 12.1 Å². The molecule has 2 N–H and O–H groups in total. The Bertz CT molecular complexity index is 407. The molecule has 0 bridgehead atoms. The molecule has 0 spiro atoms. The van der Waals surface area contributed by atoms with Crippen LogP contribution < -0.4 is 10.5 Å². The summed E-state index contributed by atoms with van der Waals surface area (Å²) in [5.41, 5.74) is 5.23. The third-order valence-electron chi connectivity index (χ3n) is 1.76. The van der Waals surface area contributed by atoms with Crippen molar-refractivity contribution in [1.82, 2.24) is 0 Å². The highest BCUT2D eigenvalue weighted by molar-refractivity contribution is 5.40.